The van der Waals surface area contributed by atoms with Crippen LogP contribution in [0.5, 0.6) is 0 Å². The van der Waals surface area contributed by atoms with Crippen LogP contribution in [0.2, 0.25) is 0 Å². The number of aliphatic hydroxyl groups is 1. The van der Waals surface area contributed by atoms with Gasteiger partial charge >= 0.3 is 5.97 Å². The standard InChI is InChI=1S/C19H14N4O4/c20-16-15(17-21-13-4-2-1-3-12(13)18(25)22-17)14(24)9-23(16)11-7-5-10(6-8-11)19(26)27/h1-8,20,24H,9H2,(H,26,27)(H,21,22,25). The predicted octanol–water partition coefficient (Wildman–Crippen LogP) is 2.39. The maximum Gasteiger partial charge on any atom is 0.335 e. The molecule has 0 fully saturated rings. The van der Waals surface area contributed by atoms with Crippen molar-refractivity contribution in [2.45, 2.75) is 0 Å². The molecule has 1 aliphatic heterocycles. The number of aromatic carboxylic acids is 1. The van der Waals surface area contributed by atoms with E-state index < -0.39 is 5.97 Å². The number of carboxylic acid groups (broad SMARTS) is 1. The Hall–Kier alpha value is -3.94. The summed E-state index contributed by atoms with van der Waals surface area (Å²) in [5, 5.41) is 28.2. The zero-order valence-electron chi connectivity index (χ0n) is 13.9. The first kappa shape index (κ1) is 16.5. The van der Waals surface area contributed by atoms with Crippen LogP contribution < -0.4 is 10.5 Å². The Morgan fingerprint density at radius 3 is 2.56 bits per heavy atom. The molecule has 4 rings (SSSR count). The van der Waals surface area contributed by atoms with Crippen LogP contribution >= 0.6 is 0 Å². The van der Waals surface area contributed by atoms with Crippen LogP contribution in [0.25, 0.3) is 16.5 Å². The number of rotatable bonds is 3. The SMILES string of the molecule is N=C1C(c2nc3ccccc3c(=O)[nH]2)=C(O)CN1c1ccc(C(=O)O)cc1. The molecule has 0 saturated heterocycles. The monoisotopic (exact) mass is 362 g/mol. The molecule has 1 aliphatic rings. The third kappa shape index (κ3) is 2.73. The highest BCUT2D eigenvalue weighted by molar-refractivity contribution is 6.30. The minimum Gasteiger partial charge on any atom is -0.509 e. The van der Waals surface area contributed by atoms with E-state index in [4.69, 9.17) is 10.5 Å². The van der Waals surface area contributed by atoms with Gasteiger partial charge in [-0.15, -0.1) is 0 Å². The average Bonchev–Trinajstić information content (AvgIpc) is 2.96. The Bertz CT molecular complexity index is 1180. The summed E-state index contributed by atoms with van der Waals surface area (Å²) in [6.45, 7) is 0.0249. The number of aromatic nitrogens is 2. The highest BCUT2D eigenvalue weighted by Gasteiger charge is 2.31. The van der Waals surface area contributed by atoms with Gasteiger partial charge in [-0.2, -0.15) is 0 Å². The van der Waals surface area contributed by atoms with Gasteiger partial charge in [0.05, 0.1) is 28.6 Å². The van der Waals surface area contributed by atoms with E-state index in [1.165, 1.54) is 17.0 Å². The molecule has 0 atom stereocenters. The zero-order valence-corrected chi connectivity index (χ0v) is 13.9. The molecule has 3 aromatic rings. The molecule has 2 aromatic carbocycles. The normalized spacial score (nSPS) is 14.2. The number of benzene rings is 2. The van der Waals surface area contributed by atoms with E-state index in [1.54, 1.807) is 36.4 Å². The molecule has 2 heterocycles. The Morgan fingerprint density at radius 1 is 1.15 bits per heavy atom. The van der Waals surface area contributed by atoms with Gasteiger partial charge in [0.15, 0.2) is 0 Å². The first-order chi connectivity index (χ1) is 13.0. The number of hydrogen-bond acceptors (Lipinski definition) is 5. The van der Waals surface area contributed by atoms with Gasteiger partial charge < -0.3 is 20.1 Å². The van der Waals surface area contributed by atoms with Gasteiger partial charge in [0.2, 0.25) is 0 Å². The Kier molecular flexibility index (Phi) is 3.73. The predicted molar refractivity (Wildman–Crippen MR) is 100 cm³/mol. The number of anilines is 1. The van der Waals surface area contributed by atoms with E-state index >= 15 is 0 Å². The lowest BCUT2D eigenvalue weighted by molar-refractivity contribution is 0.0697. The van der Waals surface area contributed by atoms with Gasteiger partial charge in [-0.25, -0.2) is 9.78 Å². The van der Waals surface area contributed by atoms with E-state index in [-0.39, 0.29) is 40.7 Å². The van der Waals surface area contributed by atoms with E-state index in [2.05, 4.69) is 9.97 Å². The van der Waals surface area contributed by atoms with Crippen molar-refractivity contribution in [1.29, 1.82) is 5.41 Å². The van der Waals surface area contributed by atoms with Crippen LogP contribution in [0.15, 0.2) is 59.1 Å². The Labute approximate surface area is 152 Å². The minimum atomic E-state index is -1.04. The lowest BCUT2D eigenvalue weighted by Crippen LogP contribution is -2.26. The number of aromatic amines is 1. The second-order valence-corrected chi connectivity index (χ2v) is 6.04. The molecule has 0 unspecified atom stereocenters. The van der Waals surface area contributed by atoms with Crippen molar-refractivity contribution in [3.63, 3.8) is 0 Å². The van der Waals surface area contributed by atoms with Crippen molar-refractivity contribution >= 4 is 34.0 Å². The second kappa shape index (κ2) is 6.10. The number of hydrogen-bond donors (Lipinski definition) is 4. The molecule has 1 aromatic heterocycles. The number of H-pyrrole nitrogens is 1. The maximum absolute atomic E-state index is 12.3. The van der Waals surface area contributed by atoms with Gasteiger partial charge in [-0.05, 0) is 36.4 Å². The molecule has 134 valence electrons. The molecule has 0 spiro atoms. The van der Waals surface area contributed by atoms with Crippen molar-refractivity contribution in [2.75, 3.05) is 11.4 Å². The molecular weight excluding hydrogens is 348 g/mol. The molecule has 27 heavy (non-hydrogen) atoms. The number of aliphatic hydroxyl groups excluding tert-OH is 1. The third-order valence-corrected chi connectivity index (χ3v) is 4.38. The summed E-state index contributed by atoms with van der Waals surface area (Å²) in [5.74, 6) is -1.06. The number of amidine groups is 1. The molecule has 0 aliphatic carbocycles. The van der Waals surface area contributed by atoms with Gasteiger partial charge in [0.1, 0.15) is 17.4 Å². The first-order valence-electron chi connectivity index (χ1n) is 8.07. The topological polar surface area (TPSA) is 130 Å². The first-order valence-corrected chi connectivity index (χ1v) is 8.07. The summed E-state index contributed by atoms with van der Waals surface area (Å²) >= 11 is 0. The second-order valence-electron chi connectivity index (χ2n) is 6.04. The van der Waals surface area contributed by atoms with Crippen LogP contribution in [-0.4, -0.2) is 38.5 Å². The summed E-state index contributed by atoms with van der Waals surface area (Å²) < 4.78 is 0. The van der Waals surface area contributed by atoms with Crippen molar-refractivity contribution in [3.05, 3.63) is 76.0 Å². The lowest BCUT2D eigenvalue weighted by Gasteiger charge is -2.18. The van der Waals surface area contributed by atoms with Gasteiger partial charge in [-0.3, -0.25) is 10.2 Å². The van der Waals surface area contributed by atoms with Gasteiger partial charge in [0.25, 0.3) is 5.56 Å². The number of nitrogens with one attached hydrogen (secondary N) is 2. The Morgan fingerprint density at radius 2 is 1.85 bits per heavy atom. The molecule has 8 nitrogen and oxygen atoms in total. The van der Waals surface area contributed by atoms with Crippen LogP contribution in [0.1, 0.15) is 16.2 Å². The highest BCUT2D eigenvalue weighted by atomic mass is 16.4. The highest BCUT2D eigenvalue weighted by Crippen LogP contribution is 2.29. The van der Waals surface area contributed by atoms with Crippen molar-refractivity contribution in [2.24, 2.45) is 0 Å². The zero-order chi connectivity index (χ0) is 19.1. The van der Waals surface area contributed by atoms with Crippen LogP contribution in [0.3, 0.4) is 0 Å². The van der Waals surface area contributed by atoms with Gasteiger partial charge in [0, 0.05) is 5.69 Å². The summed E-state index contributed by atoms with van der Waals surface area (Å²) in [4.78, 5) is 31.8. The summed E-state index contributed by atoms with van der Waals surface area (Å²) in [6.07, 6.45) is 0. The average molecular weight is 362 g/mol. The number of fused-ring (bicyclic) bond motifs is 1. The van der Waals surface area contributed by atoms with Gasteiger partial charge in [-0.1, -0.05) is 12.1 Å². The summed E-state index contributed by atoms with van der Waals surface area (Å²) in [6, 6.07) is 12.8. The fourth-order valence-corrected chi connectivity index (χ4v) is 3.04. The quantitative estimate of drug-likeness (QED) is 0.566. The largest absolute Gasteiger partial charge is 0.509 e. The number of para-hydroxylation sites is 1. The van der Waals surface area contributed by atoms with Crippen LogP contribution in [0.4, 0.5) is 5.69 Å². The number of carbonyl (C=O) groups is 1. The van der Waals surface area contributed by atoms with E-state index in [9.17, 15) is 14.7 Å². The van der Waals surface area contributed by atoms with Crippen molar-refractivity contribution < 1.29 is 15.0 Å². The van der Waals surface area contributed by atoms with Crippen molar-refractivity contribution in [1.82, 2.24) is 9.97 Å². The van der Waals surface area contributed by atoms with Crippen molar-refractivity contribution in [3.8, 4) is 0 Å². The maximum atomic E-state index is 12.3. The smallest absolute Gasteiger partial charge is 0.335 e. The molecule has 0 radical (unpaired) electrons. The molecule has 8 heteroatoms. The summed E-state index contributed by atoms with van der Waals surface area (Å²) in [5.41, 5.74) is 0.929. The Balaban J connectivity index is 1.73. The molecule has 0 bridgehead atoms. The van der Waals surface area contributed by atoms with Crippen LogP contribution in [0, 0.1) is 5.41 Å². The molecule has 0 saturated carbocycles. The fraction of sp³-hybridized carbons (Fsp3) is 0.0526. The van der Waals surface area contributed by atoms with E-state index in [0.717, 1.165) is 0 Å². The van der Waals surface area contributed by atoms with E-state index in [1.807, 2.05) is 0 Å². The lowest BCUT2D eigenvalue weighted by atomic mass is 10.2. The third-order valence-electron chi connectivity index (χ3n) is 4.38. The van der Waals surface area contributed by atoms with E-state index in [0.29, 0.717) is 16.6 Å². The molecular formula is C19H14N4O4. The van der Waals surface area contributed by atoms with Crippen LogP contribution in [-0.2, 0) is 0 Å². The minimum absolute atomic E-state index is 0.0249. The molecule has 0 amide bonds. The summed E-state index contributed by atoms with van der Waals surface area (Å²) in [7, 11) is 0. The fourth-order valence-electron chi connectivity index (χ4n) is 3.04. The number of carboxylic acids is 1. The number of nitrogens with zero attached hydrogens (tertiary/aromatic N) is 2. The molecule has 4 N–H and O–H groups in total.